The minimum atomic E-state index is 0.685. The Kier molecular flexibility index (Phi) is 4.78. The van der Waals surface area contributed by atoms with Gasteiger partial charge >= 0.3 is 0 Å². The number of hydrogen-bond acceptors (Lipinski definition) is 3. The standard InChI is InChI=1S/C14H26N4/c1-4-18-14(9-12(2)16-18)11-17-8-6-5-7-13(17)10-15-3/h9,13,15H,4-8,10-11H2,1-3H3. The molecule has 0 amide bonds. The number of likely N-dealkylation sites (tertiary alicyclic amines) is 1. The summed E-state index contributed by atoms with van der Waals surface area (Å²) in [5.74, 6) is 0. The molecule has 0 spiro atoms. The molecule has 1 N–H and O–H groups in total. The molecule has 0 aromatic carbocycles. The maximum atomic E-state index is 4.54. The Bertz CT molecular complexity index is 370. The fraction of sp³-hybridized carbons (Fsp3) is 0.786. The SMILES string of the molecule is CCn1nc(C)cc1CN1CCCCC1CNC. The van der Waals surface area contributed by atoms with Crippen molar-refractivity contribution in [2.75, 3.05) is 20.1 Å². The van der Waals surface area contributed by atoms with Gasteiger partial charge in [0.1, 0.15) is 0 Å². The highest BCUT2D eigenvalue weighted by Gasteiger charge is 2.22. The quantitative estimate of drug-likeness (QED) is 0.865. The molecular formula is C14H26N4. The minimum absolute atomic E-state index is 0.685. The second kappa shape index (κ2) is 6.34. The summed E-state index contributed by atoms with van der Waals surface area (Å²) in [6, 6.07) is 2.92. The molecule has 0 bridgehead atoms. The Morgan fingerprint density at radius 3 is 3.00 bits per heavy atom. The van der Waals surface area contributed by atoms with Gasteiger partial charge in [0.2, 0.25) is 0 Å². The molecule has 0 saturated carbocycles. The zero-order valence-corrected chi connectivity index (χ0v) is 11.9. The van der Waals surface area contributed by atoms with Gasteiger partial charge in [-0.05, 0) is 46.3 Å². The first-order valence-corrected chi connectivity index (χ1v) is 7.16. The highest BCUT2D eigenvalue weighted by Crippen LogP contribution is 2.19. The van der Waals surface area contributed by atoms with E-state index in [1.807, 2.05) is 7.05 Å². The van der Waals surface area contributed by atoms with E-state index in [0.717, 1.165) is 25.3 Å². The topological polar surface area (TPSA) is 33.1 Å². The Labute approximate surface area is 110 Å². The lowest BCUT2D eigenvalue weighted by Crippen LogP contribution is -2.44. The van der Waals surface area contributed by atoms with Crippen molar-refractivity contribution >= 4 is 0 Å². The third kappa shape index (κ3) is 3.12. The maximum Gasteiger partial charge on any atom is 0.0597 e. The van der Waals surface area contributed by atoms with Crippen LogP contribution in [0.2, 0.25) is 0 Å². The first-order chi connectivity index (χ1) is 8.74. The molecule has 1 fully saturated rings. The van der Waals surface area contributed by atoms with Gasteiger partial charge in [-0.15, -0.1) is 0 Å². The third-order valence-electron chi connectivity index (χ3n) is 3.84. The largest absolute Gasteiger partial charge is 0.318 e. The number of rotatable bonds is 5. The number of piperidine rings is 1. The van der Waals surface area contributed by atoms with Gasteiger partial charge in [0.15, 0.2) is 0 Å². The second-order valence-electron chi connectivity index (χ2n) is 5.27. The summed E-state index contributed by atoms with van der Waals surface area (Å²) in [5, 5.41) is 7.86. The van der Waals surface area contributed by atoms with E-state index in [2.05, 4.69) is 39.9 Å². The van der Waals surface area contributed by atoms with E-state index in [1.165, 1.54) is 31.5 Å². The van der Waals surface area contributed by atoms with Crippen molar-refractivity contribution in [1.82, 2.24) is 20.0 Å². The van der Waals surface area contributed by atoms with E-state index in [1.54, 1.807) is 0 Å². The fourth-order valence-electron chi connectivity index (χ4n) is 2.94. The molecule has 2 rings (SSSR count). The number of nitrogens with zero attached hydrogens (tertiary/aromatic N) is 3. The zero-order valence-electron chi connectivity index (χ0n) is 11.9. The van der Waals surface area contributed by atoms with Crippen molar-refractivity contribution in [1.29, 1.82) is 0 Å². The lowest BCUT2D eigenvalue weighted by atomic mass is 10.0. The number of aryl methyl sites for hydroxylation is 2. The van der Waals surface area contributed by atoms with E-state index in [-0.39, 0.29) is 0 Å². The van der Waals surface area contributed by atoms with Gasteiger partial charge in [-0.2, -0.15) is 5.10 Å². The molecule has 4 nitrogen and oxygen atoms in total. The van der Waals surface area contributed by atoms with E-state index in [0.29, 0.717) is 6.04 Å². The van der Waals surface area contributed by atoms with Gasteiger partial charge in [0.05, 0.1) is 11.4 Å². The molecule has 2 heterocycles. The minimum Gasteiger partial charge on any atom is -0.318 e. The van der Waals surface area contributed by atoms with Crippen LogP contribution in [0, 0.1) is 6.92 Å². The maximum absolute atomic E-state index is 4.54. The number of hydrogen-bond donors (Lipinski definition) is 1. The monoisotopic (exact) mass is 250 g/mol. The molecule has 18 heavy (non-hydrogen) atoms. The van der Waals surface area contributed by atoms with Gasteiger partial charge in [-0.3, -0.25) is 9.58 Å². The number of nitrogens with one attached hydrogen (secondary N) is 1. The van der Waals surface area contributed by atoms with Gasteiger partial charge in [-0.25, -0.2) is 0 Å². The Hall–Kier alpha value is -0.870. The van der Waals surface area contributed by atoms with Crippen LogP contribution in [0.1, 0.15) is 37.6 Å². The summed E-state index contributed by atoms with van der Waals surface area (Å²) < 4.78 is 2.14. The van der Waals surface area contributed by atoms with Crippen molar-refractivity contribution < 1.29 is 0 Å². The van der Waals surface area contributed by atoms with Crippen LogP contribution in [0.3, 0.4) is 0 Å². The van der Waals surface area contributed by atoms with Crippen molar-refractivity contribution in [2.45, 2.75) is 52.2 Å². The van der Waals surface area contributed by atoms with E-state index in [4.69, 9.17) is 0 Å². The first kappa shape index (κ1) is 13.6. The lowest BCUT2D eigenvalue weighted by molar-refractivity contribution is 0.135. The molecule has 1 aliphatic heterocycles. The van der Waals surface area contributed by atoms with Crippen LogP contribution >= 0.6 is 0 Å². The van der Waals surface area contributed by atoms with Crippen LogP contribution in [-0.2, 0) is 13.1 Å². The van der Waals surface area contributed by atoms with E-state index >= 15 is 0 Å². The normalized spacial score (nSPS) is 21.4. The average molecular weight is 250 g/mol. The molecule has 102 valence electrons. The molecule has 1 aromatic rings. The predicted octanol–water partition coefficient (Wildman–Crippen LogP) is 1.79. The molecule has 4 heteroatoms. The molecule has 1 saturated heterocycles. The molecule has 0 radical (unpaired) electrons. The Balaban J connectivity index is 2.05. The highest BCUT2D eigenvalue weighted by molar-refractivity contribution is 5.09. The molecule has 1 atom stereocenters. The summed E-state index contributed by atoms with van der Waals surface area (Å²) in [4.78, 5) is 2.61. The van der Waals surface area contributed by atoms with Gasteiger partial charge in [0.25, 0.3) is 0 Å². The van der Waals surface area contributed by atoms with Crippen LogP contribution in [0.25, 0.3) is 0 Å². The molecule has 1 unspecified atom stereocenters. The van der Waals surface area contributed by atoms with E-state index in [9.17, 15) is 0 Å². The van der Waals surface area contributed by atoms with Crippen LogP contribution in [0.4, 0.5) is 0 Å². The predicted molar refractivity (Wildman–Crippen MR) is 74.6 cm³/mol. The summed E-state index contributed by atoms with van der Waals surface area (Å²) in [6.07, 6.45) is 4.02. The van der Waals surface area contributed by atoms with Gasteiger partial charge in [0, 0.05) is 25.7 Å². The van der Waals surface area contributed by atoms with Crippen molar-refractivity contribution in [2.24, 2.45) is 0 Å². The summed E-state index contributed by atoms with van der Waals surface area (Å²) in [6.45, 7) is 8.57. The van der Waals surface area contributed by atoms with Crippen LogP contribution in [0.5, 0.6) is 0 Å². The van der Waals surface area contributed by atoms with Gasteiger partial charge < -0.3 is 5.32 Å². The Morgan fingerprint density at radius 1 is 1.44 bits per heavy atom. The Morgan fingerprint density at radius 2 is 2.28 bits per heavy atom. The molecular weight excluding hydrogens is 224 g/mol. The summed E-state index contributed by atoms with van der Waals surface area (Å²) >= 11 is 0. The fourth-order valence-corrected chi connectivity index (χ4v) is 2.94. The van der Waals surface area contributed by atoms with Crippen LogP contribution in [0.15, 0.2) is 6.07 Å². The zero-order chi connectivity index (χ0) is 13.0. The van der Waals surface area contributed by atoms with Crippen molar-refractivity contribution in [3.63, 3.8) is 0 Å². The van der Waals surface area contributed by atoms with Crippen molar-refractivity contribution in [3.05, 3.63) is 17.5 Å². The smallest absolute Gasteiger partial charge is 0.0597 e. The van der Waals surface area contributed by atoms with Gasteiger partial charge in [-0.1, -0.05) is 6.42 Å². The first-order valence-electron chi connectivity index (χ1n) is 7.16. The number of likely N-dealkylation sites (N-methyl/N-ethyl adjacent to an activating group) is 1. The highest BCUT2D eigenvalue weighted by atomic mass is 15.3. The van der Waals surface area contributed by atoms with Crippen LogP contribution in [-0.4, -0.2) is 40.9 Å². The second-order valence-corrected chi connectivity index (χ2v) is 5.27. The van der Waals surface area contributed by atoms with E-state index < -0.39 is 0 Å². The average Bonchev–Trinajstić information content (AvgIpc) is 2.72. The third-order valence-corrected chi connectivity index (χ3v) is 3.84. The summed E-state index contributed by atoms with van der Waals surface area (Å²) in [5.41, 5.74) is 2.49. The lowest BCUT2D eigenvalue weighted by Gasteiger charge is -2.35. The van der Waals surface area contributed by atoms with Crippen LogP contribution < -0.4 is 5.32 Å². The number of aromatic nitrogens is 2. The summed E-state index contributed by atoms with van der Waals surface area (Å²) in [7, 11) is 2.05. The molecule has 1 aliphatic rings. The van der Waals surface area contributed by atoms with Crippen molar-refractivity contribution in [3.8, 4) is 0 Å². The molecule has 1 aromatic heterocycles. The molecule has 0 aliphatic carbocycles.